The zero-order chi connectivity index (χ0) is 26.6. The van der Waals surface area contributed by atoms with Gasteiger partial charge >= 0.3 is 0 Å². The fourth-order valence-corrected chi connectivity index (χ4v) is 5.20. The number of rotatable bonds is 8. The second-order valence-corrected chi connectivity index (χ2v) is 11.2. The molecule has 4 rings (SSSR count). The summed E-state index contributed by atoms with van der Waals surface area (Å²) >= 11 is 0. The van der Waals surface area contributed by atoms with E-state index in [-0.39, 0.29) is 48.3 Å². The Morgan fingerprint density at radius 3 is 2.62 bits per heavy atom. The van der Waals surface area contributed by atoms with Crippen molar-refractivity contribution in [3.05, 3.63) is 53.6 Å². The first kappa shape index (κ1) is 26.7. The Bertz CT molecular complexity index is 1230. The molecule has 1 fully saturated rings. The van der Waals surface area contributed by atoms with E-state index in [2.05, 4.69) is 10.0 Å². The van der Waals surface area contributed by atoms with Gasteiger partial charge in [-0.3, -0.25) is 14.3 Å². The van der Waals surface area contributed by atoms with Gasteiger partial charge in [0.1, 0.15) is 24.2 Å². The summed E-state index contributed by atoms with van der Waals surface area (Å²) in [5.41, 5.74) is 1.57. The van der Waals surface area contributed by atoms with Crippen molar-refractivity contribution in [1.29, 1.82) is 0 Å². The summed E-state index contributed by atoms with van der Waals surface area (Å²) in [6, 6.07) is 11.9. The number of hydrogen-bond donors (Lipinski definition) is 2. The van der Waals surface area contributed by atoms with E-state index < -0.39 is 16.1 Å². The topological polar surface area (TPSA) is 123 Å². The van der Waals surface area contributed by atoms with E-state index in [1.54, 1.807) is 38.1 Å². The molecule has 0 bridgehead atoms. The Hall–Kier alpha value is -3.31. The molecule has 2 aliphatic rings. The van der Waals surface area contributed by atoms with Crippen LogP contribution in [0.15, 0.2) is 42.5 Å². The van der Waals surface area contributed by atoms with Gasteiger partial charge in [0.25, 0.3) is 5.91 Å². The van der Waals surface area contributed by atoms with Crippen LogP contribution in [-0.4, -0.2) is 69.9 Å². The van der Waals surface area contributed by atoms with Crippen molar-refractivity contribution in [3.63, 3.8) is 0 Å². The Morgan fingerprint density at radius 2 is 1.92 bits per heavy atom. The van der Waals surface area contributed by atoms with Crippen molar-refractivity contribution in [2.75, 3.05) is 31.2 Å². The summed E-state index contributed by atoms with van der Waals surface area (Å²) < 4.78 is 43.7. The molecule has 1 saturated heterocycles. The van der Waals surface area contributed by atoms with E-state index >= 15 is 0 Å². The molecule has 2 aliphatic heterocycles. The molecular weight excluding hydrogens is 498 g/mol. The standard InChI is InChI=1S/C26H33N3O7S/c1-4-37(32,33)28-18-7-12-23-21(13-18)26(31)29(2)22-11-10-20(36-24(22)16-35-23)14-25(30)27-15-17-5-8-19(34-3)9-6-17/h5-9,12-13,20,22,24,28H,4,10-11,14-16H2,1-3H3,(H,27,30)/t20-,22+,24+/m1/s1. The third kappa shape index (κ3) is 6.53. The lowest BCUT2D eigenvalue weighted by atomic mass is 9.94. The monoisotopic (exact) mass is 531 g/mol. The van der Waals surface area contributed by atoms with Gasteiger partial charge in [-0.1, -0.05) is 12.1 Å². The molecule has 2 aromatic carbocycles. The molecule has 2 N–H and O–H groups in total. The number of carbonyl (C=O) groups is 2. The van der Waals surface area contributed by atoms with Crippen LogP contribution in [0, 0.1) is 0 Å². The van der Waals surface area contributed by atoms with Crippen molar-refractivity contribution < 1.29 is 32.2 Å². The molecule has 37 heavy (non-hydrogen) atoms. The normalized spacial score (nSPS) is 21.5. The quantitative estimate of drug-likeness (QED) is 0.537. The van der Waals surface area contributed by atoms with E-state index in [0.29, 0.717) is 30.8 Å². The average molecular weight is 532 g/mol. The van der Waals surface area contributed by atoms with Gasteiger partial charge in [0.05, 0.1) is 37.0 Å². The van der Waals surface area contributed by atoms with E-state index in [9.17, 15) is 18.0 Å². The summed E-state index contributed by atoms with van der Waals surface area (Å²) in [4.78, 5) is 27.5. The molecule has 200 valence electrons. The zero-order valence-corrected chi connectivity index (χ0v) is 22.0. The first-order valence-electron chi connectivity index (χ1n) is 12.3. The van der Waals surface area contributed by atoms with Gasteiger partial charge in [0.15, 0.2) is 0 Å². The lowest BCUT2D eigenvalue weighted by Crippen LogP contribution is -2.53. The second kappa shape index (κ2) is 11.4. The summed E-state index contributed by atoms with van der Waals surface area (Å²) in [6.07, 6.45) is 0.818. The molecule has 0 aromatic heterocycles. The summed E-state index contributed by atoms with van der Waals surface area (Å²) in [5.74, 6) is 0.660. The molecule has 2 amide bonds. The van der Waals surface area contributed by atoms with Crippen LogP contribution in [0.1, 0.15) is 42.1 Å². The molecule has 0 aliphatic carbocycles. The number of methoxy groups -OCH3 is 1. The Labute approximate surface area is 217 Å². The number of likely N-dealkylation sites (N-methyl/N-ethyl adjacent to an activating group) is 1. The van der Waals surface area contributed by atoms with Crippen molar-refractivity contribution in [3.8, 4) is 11.5 Å². The maximum Gasteiger partial charge on any atom is 0.257 e. The minimum Gasteiger partial charge on any atom is -0.497 e. The number of hydrogen-bond acceptors (Lipinski definition) is 7. The number of carbonyl (C=O) groups excluding carboxylic acids is 2. The van der Waals surface area contributed by atoms with Crippen LogP contribution in [0.5, 0.6) is 11.5 Å². The van der Waals surface area contributed by atoms with Crippen LogP contribution < -0.4 is 19.5 Å². The van der Waals surface area contributed by atoms with Crippen LogP contribution in [0.2, 0.25) is 0 Å². The van der Waals surface area contributed by atoms with Gasteiger partial charge in [0.2, 0.25) is 15.9 Å². The zero-order valence-electron chi connectivity index (χ0n) is 21.2. The van der Waals surface area contributed by atoms with Crippen LogP contribution in [0.3, 0.4) is 0 Å². The molecule has 3 atom stereocenters. The van der Waals surface area contributed by atoms with Crippen molar-refractivity contribution >= 4 is 27.5 Å². The average Bonchev–Trinajstić information content (AvgIpc) is 2.90. The molecule has 0 spiro atoms. The summed E-state index contributed by atoms with van der Waals surface area (Å²) in [7, 11) is -0.160. The maximum atomic E-state index is 13.3. The number of ether oxygens (including phenoxy) is 3. The molecule has 0 saturated carbocycles. The van der Waals surface area contributed by atoms with Crippen molar-refractivity contribution in [1.82, 2.24) is 10.2 Å². The Morgan fingerprint density at radius 1 is 1.16 bits per heavy atom. The highest BCUT2D eigenvalue weighted by Gasteiger charge is 2.39. The fraction of sp³-hybridized carbons (Fsp3) is 0.462. The van der Waals surface area contributed by atoms with Crippen molar-refractivity contribution in [2.24, 2.45) is 0 Å². The molecular formula is C26H33N3O7S. The van der Waals surface area contributed by atoms with Crippen LogP contribution in [0.4, 0.5) is 5.69 Å². The van der Waals surface area contributed by atoms with E-state index in [4.69, 9.17) is 14.2 Å². The summed E-state index contributed by atoms with van der Waals surface area (Å²) in [5, 5.41) is 2.93. The Kier molecular flexibility index (Phi) is 8.23. The van der Waals surface area contributed by atoms with E-state index in [0.717, 1.165) is 11.3 Å². The van der Waals surface area contributed by atoms with Crippen LogP contribution in [0.25, 0.3) is 0 Å². The van der Waals surface area contributed by atoms with Crippen LogP contribution in [-0.2, 0) is 26.1 Å². The van der Waals surface area contributed by atoms with Gasteiger partial charge < -0.3 is 24.4 Å². The lowest BCUT2D eigenvalue weighted by molar-refractivity contribution is -0.134. The molecule has 0 unspecified atom stereocenters. The Balaban J connectivity index is 1.37. The lowest BCUT2D eigenvalue weighted by Gasteiger charge is -2.42. The number of fused-ring (bicyclic) bond motifs is 2. The predicted octanol–water partition coefficient (Wildman–Crippen LogP) is 2.54. The van der Waals surface area contributed by atoms with Gasteiger partial charge in [-0.25, -0.2) is 8.42 Å². The number of anilines is 1. The van der Waals surface area contributed by atoms with Gasteiger partial charge in [-0.2, -0.15) is 0 Å². The van der Waals surface area contributed by atoms with Crippen molar-refractivity contribution in [2.45, 2.75) is 51.0 Å². The van der Waals surface area contributed by atoms with Gasteiger partial charge in [-0.15, -0.1) is 0 Å². The SMILES string of the molecule is CCS(=O)(=O)Nc1ccc2c(c1)C(=O)N(C)[C@H]1CC[C@H](CC(=O)NCc3ccc(OC)cc3)O[C@H]1CO2. The number of amides is 2. The highest BCUT2D eigenvalue weighted by atomic mass is 32.2. The van der Waals surface area contributed by atoms with Gasteiger partial charge in [-0.05, 0) is 55.7 Å². The fourth-order valence-electron chi connectivity index (χ4n) is 4.57. The first-order chi connectivity index (χ1) is 17.7. The maximum absolute atomic E-state index is 13.3. The smallest absolute Gasteiger partial charge is 0.257 e. The van der Waals surface area contributed by atoms with E-state index in [1.165, 1.54) is 6.07 Å². The molecule has 0 radical (unpaired) electrons. The number of sulfonamides is 1. The second-order valence-electron chi connectivity index (χ2n) is 9.21. The first-order valence-corrected chi connectivity index (χ1v) is 13.9. The largest absolute Gasteiger partial charge is 0.497 e. The number of nitrogens with one attached hydrogen (secondary N) is 2. The third-order valence-electron chi connectivity index (χ3n) is 6.73. The number of nitrogens with zero attached hydrogens (tertiary/aromatic N) is 1. The molecule has 2 heterocycles. The molecule has 2 aromatic rings. The minimum atomic E-state index is -3.48. The van der Waals surface area contributed by atoms with Crippen LogP contribution >= 0.6 is 0 Å². The highest BCUT2D eigenvalue weighted by Crippen LogP contribution is 2.32. The highest BCUT2D eigenvalue weighted by molar-refractivity contribution is 7.92. The third-order valence-corrected chi connectivity index (χ3v) is 8.03. The predicted molar refractivity (Wildman–Crippen MR) is 138 cm³/mol. The molecule has 11 heteroatoms. The number of benzene rings is 2. The van der Waals surface area contributed by atoms with E-state index in [1.807, 2.05) is 24.3 Å². The molecule has 10 nitrogen and oxygen atoms in total. The summed E-state index contributed by atoms with van der Waals surface area (Å²) in [6.45, 7) is 2.16. The van der Waals surface area contributed by atoms with Gasteiger partial charge in [0, 0.05) is 19.3 Å². The minimum absolute atomic E-state index is 0.0732.